The highest BCUT2D eigenvalue weighted by Gasteiger charge is 2.49. The first-order valence-electron chi connectivity index (χ1n) is 18.9. The number of phenolic OH excluding ortho intramolecular Hbond substituents is 1. The molecule has 3 saturated heterocycles. The number of piperazine rings is 1. The molecule has 6 atom stereocenters. The molecule has 10 rings (SSSR count). The largest absolute Gasteiger partial charge is 0.508 e. The van der Waals surface area contributed by atoms with Gasteiger partial charge in [-0.15, -0.1) is 0 Å². The number of aryl methyl sites for hydroxylation is 1. The molecule has 272 valence electrons. The molecule has 2 aliphatic carbocycles. The summed E-state index contributed by atoms with van der Waals surface area (Å²) in [6.45, 7) is 7.80. The van der Waals surface area contributed by atoms with Crippen LogP contribution in [0.1, 0.15) is 57.9 Å². The van der Waals surface area contributed by atoms with Gasteiger partial charge in [0.25, 0.3) is 0 Å². The van der Waals surface area contributed by atoms with Gasteiger partial charge in [-0.2, -0.15) is 9.97 Å². The fourth-order valence-corrected chi connectivity index (χ4v) is 10.3. The van der Waals surface area contributed by atoms with Gasteiger partial charge in [0.1, 0.15) is 40.1 Å². The number of pyridine rings is 1. The summed E-state index contributed by atoms with van der Waals surface area (Å²) in [4.78, 5) is 19.3. The highest BCUT2D eigenvalue weighted by molar-refractivity contribution is 6.03. The van der Waals surface area contributed by atoms with Crippen molar-refractivity contribution < 1.29 is 27.8 Å². The van der Waals surface area contributed by atoms with Gasteiger partial charge in [0, 0.05) is 49.2 Å². The SMILES string of the molecule is CCc1c(F)ccc2cc(O)cc(-c3nc4c5c(nc(OCC6(CN7CC8CC(=CF)CC8C7)CC6)nc5c3F)N3C[C@H]5CC[C@H](N5)[C@H]3[C@H](C)O4)c12. The smallest absolute Gasteiger partial charge is 0.319 e. The second kappa shape index (κ2) is 11.9. The number of hydrogen-bond acceptors (Lipinski definition) is 9. The Labute approximate surface area is 300 Å². The lowest BCUT2D eigenvalue weighted by molar-refractivity contribution is 0.154. The molecular formula is C40H43F3N6O3. The quantitative estimate of drug-likeness (QED) is 0.214. The van der Waals surface area contributed by atoms with Gasteiger partial charge in [-0.3, -0.25) is 0 Å². The summed E-state index contributed by atoms with van der Waals surface area (Å²) in [7, 11) is 0. The molecule has 2 N–H and O–H groups in total. The minimum atomic E-state index is -0.704. The summed E-state index contributed by atoms with van der Waals surface area (Å²) in [5.74, 6) is 0.597. The lowest BCUT2D eigenvalue weighted by Crippen LogP contribution is -2.62. The van der Waals surface area contributed by atoms with E-state index in [1.807, 2.05) is 13.8 Å². The topological polar surface area (TPSA) is 95.9 Å². The molecule has 12 heteroatoms. The normalized spacial score (nSPS) is 28.6. The second-order valence-electron chi connectivity index (χ2n) is 16.3. The number of benzene rings is 2. The van der Waals surface area contributed by atoms with Crippen molar-refractivity contribution in [1.29, 1.82) is 0 Å². The maximum absolute atomic E-state index is 17.3. The molecule has 2 aromatic carbocycles. The molecule has 0 radical (unpaired) electrons. The maximum Gasteiger partial charge on any atom is 0.319 e. The van der Waals surface area contributed by atoms with Crippen LogP contribution in [-0.4, -0.2) is 82.0 Å². The number of nitrogens with zero attached hydrogens (tertiary/aromatic N) is 5. The molecule has 2 unspecified atom stereocenters. The van der Waals surface area contributed by atoms with Crippen molar-refractivity contribution in [2.45, 2.75) is 83.0 Å². The predicted octanol–water partition coefficient (Wildman–Crippen LogP) is 6.84. The molecule has 2 bridgehead atoms. The Bertz CT molecular complexity index is 2140. The molecule has 5 fully saturated rings. The van der Waals surface area contributed by atoms with Crippen LogP contribution in [0, 0.1) is 28.9 Å². The number of allylic oxidation sites excluding steroid dienone is 1. The van der Waals surface area contributed by atoms with Crippen molar-refractivity contribution in [2.75, 3.05) is 37.7 Å². The number of hydrogen-bond donors (Lipinski definition) is 2. The van der Waals surface area contributed by atoms with Gasteiger partial charge >= 0.3 is 6.01 Å². The van der Waals surface area contributed by atoms with Crippen molar-refractivity contribution in [3.05, 3.63) is 53.4 Å². The van der Waals surface area contributed by atoms with Crippen molar-refractivity contribution in [1.82, 2.24) is 25.2 Å². The minimum absolute atomic E-state index is 0.0265. The standard InChI is InChI=1S/C40H43F3N6O3/c1-3-27-29(42)6-4-22-12-26(50)13-28(31(22)27)34-33(43)35-32-37(49-17-25-5-7-30(44-25)36(49)20(2)52-38(32)45-34)47-39(46-35)51-19-40(8-9-40)18-48-15-23-10-21(14-41)11-24(23)16-48/h4,6,12-14,20,23-25,30,36,44,50H,3,5,7-11,15-19H2,1-2H3/t20-,23?,24?,25+,30-,36+/m0/s1. The summed E-state index contributed by atoms with van der Waals surface area (Å²) in [6, 6.07) is 6.41. The van der Waals surface area contributed by atoms with Crippen molar-refractivity contribution in [2.24, 2.45) is 17.3 Å². The van der Waals surface area contributed by atoms with Crippen LogP contribution in [-0.2, 0) is 6.42 Å². The Hall–Kier alpha value is -4.16. The van der Waals surface area contributed by atoms with Gasteiger partial charge in [0.05, 0.1) is 19.0 Å². The Morgan fingerprint density at radius 2 is 1.87 bits per heavy atom. The van der Waals surface area contributed by atoms with E-state index in [0.29, 0.717) is 58.9 Å². The number of ether oxygens (including phenoxy) is 2. The number of halogens is 3. The summed E-state index contributed by atoms with van der Waals surface area (Å²) < 4.78 is 58.8. The van der Waals surface area contributed by atoms with E-state index in [1.54, 1.807) is 12.1 Å². The number of aromatic nitrogens is 3. The van der Waals surface area contributed by atoms with E-state index in [-0.39, 0.29) is 64.1 Å². The van der Waals surface area contributed by atoms with Gasteiger partial charge in [-0.25, -0.2) is 18.2 Å². The monoisotopic (exact) mass is 712 g/mol. The summed E-state index contributed by atoms with van der Waals surface area (Å²) in [5.41, 5.74) is 1.54. The van der Waals surface area contributed by atoms with Crippen LogP contribution < -0.4 is 19.7 Å². The van der Waals surface area contributed by atoms with E-state index < -0.39 is 11.6 Å². The van der Waals surface area contributed by atoms with E-state index >= 15 is 8.78 Å². The zero-order valence-electron chi connectivity index (χ0n) is 29.5. The third kappa shape index (κ3) is 5.15. The molecule has 4 aromatic rings. The number of rotatable bonds is 7. The van der Waals surface area contributed by atoms with Crippen LogP contribution in [0.2, 0.25) is 0 Å². The average molecular weight is 713 g/mol. The summed E-state index contributed by atoms with van der Waals surface area (Å²) in [6.07, 6.45) is 6.63. The van der Waals surface area contributed by atoms with Crippen LogP contribution in [0.5, 0.6) is 17.6 Å². The molecule has 2 aromatic heterocycles. The first-order chi connectivity index (χ1) is 25.2. The van der Waals surface area contributed by atoms with Crippen molar-refractivity contribution >= 4 is 27.5 Å². The fraction of sp³-hybridized carbons (Fsp3) is 0.525. The zero-order valence-corrected chi connectivity index (χ0v) is 29.5. The van der Waals surface area contributed by atoms with E-state index in [0.717, 1.165) is 70.1 Å². The number of nitrogens with one attached hydrogen (secondary N) is 1. The third-order valence-electron chi connectivity index (χ3n) is 12.9. The highest BCUT2D eigenvalue weighted by Crippen LogP contribution is 2.50. The van der Waals surface area contributed by atoms with Gasteiger partial charge in [0.15, 0.2) is 5.82 Å². The number of aromatic hydroxyl groups is 1. The summed E-state index contributed by atoms with van der Waals surface area (Å²) >= 11 is 0. The van der Waals surface area contributed by atoms with Gasteiger partial charge < -0.3 is 29.7 Å². The van der Waals surface area contributed by atoms with Crippen LogP contribution in [0.25, 0.3) is 32.9 Å². The third-order valence-corrected chi connectivity index (χ3v) is 12.9. The predicted molar refractivity (Wildman–Crippen MR) is 191 cm³/mol. The summed E-state index contributed by atoms with van der Waals surface area (Å²) in [5, 5.41) is 16.0. The molecule has 6 heterocycles. The minimum Gasteiger partial charge on any atom is -0.508 e. The zero-order chi connectivity index (χ0) is 35.5. The first-order valence-corrected chi connectivity index (χ1v) is 18.9. The number of likely N-dealkylation sites (tertiary alicyclic amines) is 1. The molecular weight excluding hydrogens is 669 g/mol. The van der Waals surface area contributed by atoms with Crippen LogP contribution in [0.3, 0.4) is 0 Å². The Balaban J connectivity index is 1.07. The van der Waals surface area contributed by atoms with E-state index in [4.69, 9.17) is 24.4 Å². The maximum atomic E-state index is 17.3. The lowest BCUT2D eigenvalue weighted by Gasteiger charge is -2.42. The molecule has 0 spiro atoms. The number of phenols is 1. The lowest BCUT2D eigenvalue weighted by atomic mass is 9.94. The van der Waals surface area contributed by atoms with Gasteiger partial charge in [0.2, 0.25) is 5.88 Å². The highest BCUT2D eigenvalue weighted by atomic mass is 19.1. The van der Waals surface area contributed by atoms with Crippen LogP contribution >= 0.6 is 0 Å². The molecule has 9 nitrogen and oxygen atoms in total. The van der Waals surface area contributed by atoms with E-state index in [9.17, 15) is 9.50 Å². The Kier molecular flexibility index (Phi) is 7.45. The molecule has 6 aliphatic rings. The van der Waals surface area contributed by atoms with Crippen molar-refractivity contribution in [3.8, 4) is 28.9 Å². The van der Waals surface area contributed by atoms with Gasteiger partial charge in [-0.05, 0) is 104 Å². The van der Waals surface area contributed by atoms with Crippen LogP contribution in [0.4, 0.5) is 19.0 Å². The van der Waals surface area contributed by atoms with Crippen LogP contribution in [0.15, 0.2) is 36.2 Å². The number of fused-ring (bicyclic) bond motifs is 7. The molecule has 2 saturated carbocycles. The Morgan fingerprint density at radius 3 is 2.62 bits per heavy atom. The molecule has 0 amide bonds. The number of anilines is 1. The second-order valence-corrected chi connectivity index (χ2v) is 16.3. The molecule has 4 aliphatic heterocycles. The molecule has 52 heavy (non-hydrogen) atoms. The van der Waals surface area contributed by atoms with Gasteiger partial charge in [-0.1, -0.05) is 13.0 Å². The van der Waals surface area contributed by atoms with Crippen molar-refractivity contribution in [3.63, 3.8) is 0 Å². The van der Waals surface area contributed by atoms with E-state index in [2.05, 4.69) is 15.1 Å². The fourth-order valence-electron chi connectivity index (χ4n) is 10.3. The average Bonchev–Trinajstić information content (AvgIpc) is 3.45. The first kappa shape index (κ1) is 32.5. The van der Waals surface area contributed by atoms with E-state index in [1.165, 1.54) is 12.1 Å². The Morgan fingerprint density at radius 1 is 1.06 bits per heavy atom.